The minimum Gasteiger partial charge on any atom is -0.353 e. The van der Waals surface area contributed by atoms with Gasteiger partial charge in [-0.15, -0.1) is 0 Å². The van der Waals surface area contributed by atoms with Crippen LogP contribution in [0.15, 0.2) is 0 Å². The van der Waals surface area contributed by atoms with Gasteiger partial charge in [-0.1, -0.05) is 0 Å². The van der Waals surface area contributed by atoms with E-state index in [1.165, 1.54) is 0 Å². The van der Waals surface area contributed by atoms with Crippen LogP contribution in [-0.4, -0.2) is 37.5 Å². The molecule has 0 radical (unpaired) electrons. The van der Waals surface area contributed by atoms with E-state index < -0.39 is 10.4 Å². The summed E-state index contributed by atoms with van der Waals surface area (Å²) in [7, 11) is -4.67. The smallest absolute Gasteiger partial charge is 0.353 e. The maximum absolute atomic E-state index is 8.74. The summed E-state index contributed by atoms with van der Waals surface area (Å²) in [5.41, 5.74) is 0. The van der Waals surface area contributed by atoms with Crippen molar-refractivity contribution in [3.05, 3.63) is 0 Å². The van der Waals surface area contributed by atoms with Gasteiger partial charge in [0.1, 0.15) is 6.79 Å². The molecule has 0 aromatic heterocycles. The first-order valence-corrected chi connectivity index (χ1v) is 3.75. The van der Waals surface area contributed by atoms with Gasteiger partial charge in [-0.2, -0.15) is 8.42 Å². The van der Waals surface area contributed by atoms with Gasteiger partial charge in [-0.05, 0) is 0 Å². The number of hydrogen-bond donors (Lipinski definition) is 2. The Morgan fingerprint density at radius 1 is 1.10 bits per heavy atom. The second kappa shape index (κ2) is 4.58. The summed E-state index contributed by atoms with van der Waals surface area (Å²) in [4.78, 5) is 0. The first kappa shape index (κ1) is 9.79. The molecular weight excluding hydrogens is 164 g/mol. The number of ether oxygens (including phenoxy) is 2. The molecule has 6 nitrogen and oxygen atoms in total. The van der Waals surface area contributed by atoms with Crippen molar-refractivity contribution in [3.63, 3.8) is 0 Å². The third kappa shape index (κ3) is 15.7. The highest BCUT2D eigenvalue weighted by Crippen LogP contribution is 1.85. The molecular formula is C3H8O6S. The molecule has 0 spiro atoms. The molecule has 0 atom stereocenters. The summed E-state index contributed by atoms with van der Waals surface area (Å²) in [5.74, 6) is 0. The molecule has 0 aromatic rings. The summed E-state index contributed by atoms with van der Waals surface area (Å²) < 4.78 is 41.0. The molecule has 10 heavy (non-hydrogen) atoms. The van der Waals surface area contributed by atoms with Gasteiger partial charge in [0.05, 0.1) is 13.2 Å². The van der Waals surface area contributed by atoms with Crippen LogP contribution in [0.5, 0.6) is 0 Å². The minimum absolute atomic E-state index is 0.500. The van der Waals surface area contributed by atoms with E-state index in [0.29, 0.717) is 6.79 Å². The number of rotatable bonds is 0. The molecule has 1 heterocycles. The molecule has 1 fully saturated rings. The molecule has 7 heteroatoms. The van der Waals surface area contributed by atoms with Gasteiger partial charge in [-0.3, -0.25) is 9.11 Å². The van der Waals surface area contributed by atoms with Gasteiger partial charge in [0.15, 0.2) is 0 Å². The van der Waals surface area contributed by atoms with Crippen LogP contribution in [0.25, 0.3) is 0 Å². The van der Waals surface area contributed by atoms with E-state index in [1.807, 2.05) is 0 Å². The standard InChI is InChI=1S/C3H6O2.H2O4S/c1-2-5-3-4-1;1-5(2,3)4/h1-3H2;(H2,1,2,3,4). The second-order valence-corrected chi connectivity index (χ2v) is 2.28. The van der Waals surface area contributed by atoms with E-state index >= 15 is 0 Å². The van der Waals surface area contributed by atoms with Crippen LogP contribution >= 0.6 is 0 Å². The van der Waals surface area contributed by atoms with Gasteiger partial charge in [-0.25, -0.2) is 0 Å². The average molecular weight is 172 g/mol. The van der Waals surface area contributed by atoms with Crippen LogP contribution in [0, 0.1) is 0 Å². The van der Waals surface area contributed by atoms with E-state index in [2.05, 4.69) is 0 Å². The molecule has 1 saturated heterocycles. The molecule has 1 rings (SSSR count). The van der Waals surface area contributed by atoms with E-state index in [-0.39, 0.29) is 0 Å². The Bertz CT molecular complexity index is 140. The average Bonchev–Trinajstić information content (AvgIpc) is 2.07. The molecule has 0 aromatic carbocycles. The lowest BCUT2D eigenvalue weighted by Gasteiger charge is -1.76. The van der Waals surface area contributed by atoms with Crippen molar-refractivity contribution in [2.45, 2.75) is 0 Å². The zero-order chi connectivity index (χ0) is 8.04. The molecule has 62 valence electrons. The second-order valence-electron chi connectivity index (χ2n) is 1.38. The highest BCUT2D eigenvalue weighted by Gasteiger charge is 1.93. The van der Waals surface area contributed by atoms with Crippen molar-refractivity contribution in [2.75, 3.05) is 20.0 Å². The highest BCUT2D eigenvalue weighted by atomic mass is 32.3. The Morgan fingerprint density at radius 2 is 1.40 bits per heavy atom. The van der Waals surface area contributed by atoms with Gasteiger partial charge < -0.3 is 9.47 Å². The molecule has 1 aliphatic heterocycles. The van der Waals surface area contributed by atoms with Crippen molar-refractivity contribution in [1.82, 2.24) is 0 Å². The fourth-order valence-electron chi connectivity index (χ4n) is 0.295. The van der Waals surface area contributed by atoms with Gasteiger partial charge in [0, 0.05) is 0 Å². The van der Waals surface area contributed by atoms with Crippen LogP contribution in [0.2, 0.25) is 0 Å². The number of hydrogen-bond acceptors (Lipinski definition) is 4. The Kier molecular flexibility index (Phi) is 4.49. The van der Waals surface area contributed by atoms with Crippen LogP contribution in [0.3, 0.4) is 0 Å². The largest absolute Gasteiger partial charge is 0.394 e. The third-order valence-corrected chi connectivity index (χ3v) is 0.539. The third-order valence-electron chi connectivity index (χ3n) is 0.539. The Labute approximate surface area is 58.3 Å². The first-order valence-electron chi connectivity index (χ1n) is 2.35. The molecule has 0 unspecified atom stereocenters. The summed E-state index contributed by atoms with van der Waals surface area (Å²) in [6.45, 7) is 2.06. The van der Waals surface area contributed by atoms with Crippen molar-refractivity contribution in [2.24, 2.45) is 0 Å². The lowest BCUT2D eigenvalue weighted by Crippen LogP contribution is -1.89. The minimum atomic E-state index is -4.67. The molecule has 0 bridgehead atoms. The summed E-state index contributed by atoms with van der Waals surface area (Å²) in [6.07, 6.45) is 0. The van der Waals surface area contributed by atoms with Gasteiger partial charge >= 0.3 is 10.4 Å². The molecule has 0 saturated carbocycles. The molecule has 0 amide bonds. The fourth-order valence-corrected chi connectivity index (χ4v) is 0.295. The quantitative estimate of drug-likeness (QED) is 0.471. The van der Waals surface area contributed by atoms with E-state index in [4.69, 9.17) is 27.0 Å². The summed E-state index contributed by atoms with van der Waals surface area (Å²) >= 11 is 0. The van der Waals surface area contributed by atoms with Crippen LogP contribution in [0.1, 0.15) is 0 Å². The van der Waals surface area contributed by atoms with Gasteiger partial charge in [0.25, 0.3) is 0 Å². The van der Waals surface area contributed by atoms with Crippen molar-refractivity contribution >= 4 is 10.4 Å². The Hall–Kier alpha value is -0.210. The lowest BCUT2D eigenvalue weighted by atomic mass is 10.8. The molecule has 0 aliphatic carbocycles. The van der Waals surface area contributed by atoms with Gasteiger partial charge in [0.2, 0.25) is 0 Å². The predicted octanol–water partition coefficient (Wildman–Crippen LogP) is -0.662. The maximum atomic E-state index is 8.74. The predicted molar refractivity (Wildman–Crippen MR) is 30.9 cm³/mol. The summed E-state index contributed by atoms with van der Waals surface area (Å²) in [5, 5.41) is 0. The first-order chi connectivity index (χ1) is 4.50. The monoisotopic (exact) mass is 172 g/mol. The van der Waals surface area contributed by atoms with E-state index in [1.54, 1.807) is 0 Å². The van der Waals surface area contributed by atoms with Crippen LogP contribution in [0.4, 0.5) is 0 Å². The van der Waals surface area contributed by atoms with Crippen molar-refractivity contribution in [1.29, 1.82) is 0 Å². The Balaban J connectivity index is 0.000000162. The zero-order valence-electron chi connectivity index (χ0n) is 5.06. The van der Waals surface area contributed by atoms with E-state index in [9.17, 15) is 0 Å². The SMILES string of the molecule is C1COCO1.O=S(=O)(O)O. The van der Waals surface area contributed by atoms with Crippen LogP contribution in [-0.2, 0) is 19.9 Å². The van der Waals surface area contributed by atoms with Crippen molar-refractivity contribution < 1.29 is 27.0 Å². The molecule has 2 N–H and O–H groups in total. The fraction of sp³-hybridized carbons (Fsp3) is 1.00. The zero-order valence-corrected chi connectivity index (χ0v) is 5.87. The summed E-state index contributed by atoms with van der Waals surface area (Å²) in [6, 6.07) is 0. The highest BCUT2D eigenvalue weighted by molar-refractivity contribution is 7.79. The maximum Gasteiger partial charge on any atom is 0.394 e. The van der Waals surface area contributed by atoms with Crippen molar-refractivity contribution in [3.8, 4) is 0 Å². The van der Waals surface area contributed by atoms with Crippen LogP contribution < -0.4 is 0 Å². The lowest BCUT2D eigenvalue weighted by molar-refractivity contribution is 0.0692. The topological polar surface area (TPSA) is 93.1 Å². The normalized spacial score (nSPS) is 17.8. The Morgan fingerprint density at radius 3 is 1.50 bits per heavy atom. The molecule has 1 aliphatic rings. The van der Waals surface area contributed by atoms with E-state index in [0.717, 1.165) is 13.2 Å².